The van der Waals surface area contributed by atoms with Crippen molar-refractivity contribution in [2.24, 2.45) is 0 Å². The average Bonchev–Trinajstić information content (AvgIpc) is 2.29. The first-order valence-corrected chi connectivity index (χ1v) is 6.92. The molecule has 1 unspecified atom stereocenters. The molecule has 14 heavy (non-hydrogen) atoms. The number of rotatable bonds is 1. The van der Waals surface area contributed by atoms with E-state index < -0.39 is 5.60 Å². The summed E-state index contributed by atoms with van der Waals surface area (Å²) in [4.78, 5) is 11.7. The Morgan fingerprint density at radius 3 is 2.21 bits per heavy atom. The summed E-state index contributed by atoms with van der Waals surface area (Å²) in [5.41, 5.74) is -0.920. The predicted octanol–water partition coefficient (Wildman–Crippen LogP) is 3.71. The van der Waals surface area contributed by atoms with Crippen LogP contribution in [-0.4, -0.2) is 16.5 Å². The molecule has 0 heterocycles. The molecule has 1 aliphatic rings. The van der Waals surface area contributed by atoms with Gasteiger partial charge in [-0.15, -0.1) is 0 Å². The van der Waals surface area contributed by atoms with Crippen molar-refractivity contribution in [3.05, 3.63) is 17.9 Å². The van der Waals surface area contributed by atoms with Gasteiger partial charge in [-0.2, -0.15) is 0 Å². The fourth-order valence-electron chi connectivity index (χ4n) is 1.26. The molecule has 0 aromatic carbocycles. The molecule has 0 bridgehead atoms. The number of allylic oxidation sites excluding steroid dienone is 1. The normalized spacial score (nSPS) is 27.6. The van der Waals surface area contributed by atoms with Crippen LogP contribution in [0.1, 0.15) is 13.3 Å². The molecule has 0 aromatic rings. The largest absolute Gasteiger partial charge is 0.380 e. The van der Waals surface area contributed by atoms with Crippen LogP contribution in [0.2, 0.25) is 0 Å². The lowest BCUT2D eigenvalue weighted by Crippen LogP contribution is -2.29. The van der Waals surface area contributed by atoms with Crippen LogP contribution in [0.4, 0.5) is 0 Å². The Balaban J connectivity index is 3.43. The summed E-state index contributed by atoms with van der Waals surface area (Å²) in [6.45, 7) is 1.81. The molecule has 0 aliphatic heterocycles. The van der Waals surface area contributed by atoms with Crippen LogP contribution in [-0.2, 0) is 4.79 Å². The fraction of sp³-hybridized carbons (Fsp3) is 0.375. The first kappa shape index (κ1) is 13.1. The minimum atomic E-state index is -1.24. The minimum absolute atomic E-state index is 0.218. The van der Waals surface area contributed by atoms with Crippen LogP contribution in [0.5, 0.6) is 0 Å². The second-order valence-electron chi connectivity index (χ2n) is 2.81. The van der Waals surface area contributed by atoms with Gasteiger partial charge in [-0.3, -0.25) is 4.79 Å². The van der Waals surface area contributed by atoms with Gasteiger partial charge in [0, 0.05) is 4.48 Å². The molecule has 0 saturated heterocycles. The van der Waals surface area contributed by atoms with Crippen molar-refractivity contribution in [1.29, 1.82) is 0 Å². The van der Waals surface area contributed by atoms with E-state index in [-0.39, 0.29) is 5.78 Å². The third-order valence-corrected chi connectivity index (χ3v) is 5.23. The topological polar surface area (TPSA) is 37.3 Å². The Kier molecular flexibility index (Phi) is 4.20. The SMILES string of the molecule is CCC1(O)C(Br)=C(Br)C(=O)C1=C(Br)Br. The fourth-order valence-corrected chi connectivity index (χ4v) is 3.46. The number of halogens is 4. The lowest BCUT2D eigenvalue weighted by atomic mass is 9.95. The van der Waals surface area contributed by atoms with Crippen molar-refractivity contribution >= 4 is 69.5 Å². The third kappa shape index (κ3) is 1.84. The van der Waals surface area contributed by atoms with E-state index >= 15 is 0 Å². The molecule has 1 aliphatic carbocycles. The van der Waals surface area contributed by atoms with E-state index in [2.05, 4.69) is 63.7 Å². The first-order valence-electron chi connectivity index (χ1n) is 3.74. The van der Waals surface area contributed by atoms with E-state index in [1.807, 2.05) is 6.92 Å². The second kappa shape index (κ2) is 4.49. The number of aliphatic hydroxyl groups is 1. The summed E-state index contributed by atoms with van der Waals surface area (Å²) >= 11 is 12.7. The Hall–Kier alpha value is 1.03. The van der Waals surface area contributed by atoms with Gasteiger partial charge < -0.3 is 5.11 Å². The lowest BCUT2D eigenvalue weighted by molar-refractivity contribution is -0.112. The van der Waals surface area contributed by atoms with Gasteiger partial charge in [0.05, 0.1) is 13.4 Å². The summed E-state index contributed by atoms with van der Waals surface area (Å²) in [6, 6.07) is 0. The van der Waals surface area contributed by atoms with Gasteiger partial charge in [-0.1, -0.05) is 22.9 Å². The Labute approximate surface area is 115 Å². The van der Waals surface area contributed by atoms with Gasteiger partial charge in [-0.05, 0) is 54.2 Å². The van der Waals surface area contributed by atoms with Crippen LogP contribution >= 0.6 is 63.7 Å². The van der Waals surface area contributed by atoms with E-state index in [0.29, 0.717) is 24.4 Å². The van der Waals surface area contributed by atoms with E-state index in [9.17, 15) is 9.90 Å². The predicted molar refractivity (Wildman–Crippen MR) is 70.0 cm³/mol. The highest BCUT2D eigenvalue weighted by molar-refractivity contribution is 9.28. The molecule has 0 radical (unpaired) electrons. The van der Waals surface area contributed by atoms with E-state index in [1.54, 1.807) is 0 Å². The van der Waals surface area contributed by atoms with E-state index in [4.69, 9.17) is 0 Å². The van der Waals surface area contributed by atoms with E-state index in [0.717, 1.165) is 0 Å². The molecule has 1 rings (SSSR count). The van der Waals surface area contributed by atoms with Gasteiger partial charge in [0.1, 0.15) is 5.60 Å². The number of hydrogen-bond donors (Lipinski definition) is 1. The lowest BCUT2D eigenvalue weighted by Gasteiger charge is -2.23. The Morgan fingerprint density at radius 1 is 1.43 bits per heavy atom. The maximum atomic E-state index is 11.7. The van der Waals surface area contributed by atoms with Gasteiger partial charge >= 0.3 is 0 Å². The van der Waals surface area contributed by atoms with Crippen molar-refractivity contribution in [3.63, 3.8) is 0 Å². The Morgan fingerprint density at radius 2 is 1.93 bits per heavy atom. The molecule has 0 spiro atoms. The smallest absolute Gasteiger partial charge is 0.201 e. The number of ketones is 1. The van der Waals surface area contributed by atoms with Gasteiger partial charge in [-0.25, -0.2) is 0 Å². The summed E-state index contributed by atoms with van der Waals surface area (Å²) in [5.74, 6) is -0.218. The number of carbonyl (C=O) groups excluding carboxylic acids is 1. The zero-order chi connectivity index (χ0) is 11.1. The standard InChI is InChI=1S/C8H6Br4O2/c1-2-8(14)3(7(11)12)5(13)4(9)6(8)10/h14H,2H2,1H3. The van der Waals surface area contributed by atoms with Crippen LogP contribution in [0.15, 0.2) is 17.9 Å². The Bertz CT molecular complexity index is 354. The van der Waals surface area contributed by atoms with Crippen molar-refractivity contribution in [2.75, 3.05) is 0 Å². The quantitative estimate of drug-likeness (QED) is 0.615. The van der Waals surface area contributed by atoms with Crippen molar-refractivity contribution < 1.29 is 9.90 Å². The zero-order valence-corrected chi connectivity index (χ0v) is 13.4. The number of hydrogen-bond acceptors (Lipinski definition) is 2. The van der Waals surface area contributed by atoms with E-state index in [1.165, 1.54) is 0 Å². The molecule has 1 atom stereocenters. The van der Waals surface area contributed by atoms with Crippen molar-refractivity contribution in [1.82, 2.24) is 0 Å². The molecule has 0 saturated carbocycles. The zero-order valence-electron chi connectivity index (χ0n) is 7.07. The van der Waals surface area contributed by atoms with Crippen molar-refractivity contribution in [3.8, 4) is 0 Å². The average molecular weight is 454 g/mol. The maximum Gasteiger partial charge on any atom is 0.201 e. The monoisotopic (exact) mass is 450 g/mol. The molecule has 2 nitrogen and oxygen atoms in total. The molecule has 1 N–H and O–H groups in total. The highest BCUT2D eigenvalue weighted by Crippen LogP contribution is 2.48. The molecule has 0 aromatic heterocycles. The second-order valence-corrected chi connectivity index (χ2v) is 7.04. The number of Topliss-reactive ketones (excluding diaryl/α,β-unsaturated/α-hetero) is 1. The highest BCUT2D eigenvalue weighted by atomic mass is 79.9. The van der Waals surface area contributed by atoms with Gasteiger partial charge in [0.25, 0.3) is 0 Å². The molecular weight excluding hydrogens is 448 g/mol. The van der Waals surface area contributed by atoms with Crippen LogP contribution < -0.4 is 0 Å². The minimum Gasteiger partial charge on any atom is -0.380 e. The summed E-state index contributed by atoms with van der Waals surface area (Å²) in [7, 11) is 0. The number of carbonyl (C=O) groups is 1. The van der Waals surface area contributed by atoms with Crippen LogP contribution in [0.3, 0.4) is 0 Å². The van der Waals surface area contributed by atoms with Gasteiger partial charge in [0.15, 0.2) is 0 Å². The molecular formula is C8H6Br4O2. The first-order chi connectivity index (χ1) is 6.36. The molecule has 0 fully saturated rings. The van der Waals surface area contributed by atoms with Gasteiger partial charge in [0.2, 0.25) is 5.78 Å². The summed E-state index contributed by atoms with van der Waals surface area (Å²) in [6.07, 6.45) is 0.421. The van der Waals surface area contributed by atoms with Crippen molar-refractivity contribution in [2.45, 2.75) is 18.9 Å². The molecule has 0 amide bonds. The molecule has 6 heteroatoms. The third-order valence-electron chi connectivity index (χ3n) is 2.10. The van der Waals surface area contributed by atoms with Crippen LogP contribution in [0.25, 0.3) is 0 Å². The van der Waals surface area contributed by atoms with Crippen LogP contribution in [0, 0.1) is 0 Å². The summed E-state index contributed by atoms with van der Waals surface area (Å²) in [5, 5.41) is 10.3. The maximum absolute atomic E-state index is 11.7. The highest BCUT2D eigenvalue weighted by Gasteiger charge is 2.47. The summed E-state index contributed by atoms with van der Waals surface area (Å²) < 4.78 is 1.32. The molecule has 78 valence electrons.